The number of rotatable bonds is 3. The molecule has 1 amide bonds. The van der Waals surface area contributed by atoms with Crippen molar-refractivity contribution in [3.63, 3.8) is 0 Å². The number of nitrogens with zero attached hydrogens (tertiary/aromatic N) is 5. The Morgan fingerprint density at radius 3 is 2.68 bits per heavy atom. The van der Waals surface area contributed by atoms with Gasteiger partial charge in [0.25, 0.3) is 5.91 Å². The highest BCUT2D eigenvalue weighted by atomic mass is 79.9. The van der Waals surface area contributed by atoms with E-state index in [1.165, 1.54) is 24.2 Å². The fourth-order valence-corrected chi connectivity index (χ4v) is 5.11. The van der Waals surface area contributed by atoms with Crippen LogP contribution in [0.1, 0.15) is 23.2 Å². The highest BCUT2D eigenvalue weighted by molar-refractivity contribution is 9.10. The van der Waals surface area contributed by atoms with Gasteiger partial charge in [0.2, 0.25) is 0 Å². The number of thiophene rings is 1. The van der Waals surface area contributed by atoms with E-state index in [1.54, 1.807) is 17.9 Å². The Bertz CT molecular complexity index is 1040. The fourth-order valence-electron chi connectivity index (χ4n) is 3.82. The molecular formula is C19H24BrF2N7OS. The maximum atomic E-state index is 12.8. The van der Waals surface area contributed by atoms with Crippen molar-refractivity contribution in [2.75, 3.05) is 37.7 Å². The second kappa shape index (κ2) is 10.4. The van der Waals surface area contributed by atoms with E-state index in [-0.39, 0.29) is 5.91 Å². The van der Waals surface area contributed by atoms with Crippen molar-refractivity contribution in [1.29, 1.82) is 0 Å². The third-order valence-corrected chi connectivity index (χ3v) is 6.65. The highest BCUT2D eigenvalue weighted by Crippen LogP contribution is 2.30. The molecule has 6 heterocycles. The quantitative estimate of drug-likeness (QED) is 0.554. The number of amides is 1. The minimum Gasteiger partial charge on any atom is -0.349 e. The molecule has 0 aliphatic carbocycles. The van der Waals surface area contributed by atoms with Crippen LogP contribution in [-0.2, 0) is 7.05 Å². The Morgan fingerprint density at radius 1 is 1.32 bits per heavy atom. The lowest BCUT2D eigenvalue weighted by Crippen LogP contribution is -2.61. The third-order valence-electron chi connectivity index (χ3n) is 5.19. The molecule has 0 radical (unpaired) electrons. The van der Waals surface area contributed by atoms with Gasteiger partial charge in [-0.25, -0.2) is 9.97 Å². The summed E-state index contributed by atoms with van der Waals surface area (Å²) in [5.74, 6) is 0.650. The van der Waals surface area contributed by atoms with Gasteiger partial charge in [-0.2, -0.15) is 5.10 Å². The van der Waals surface area contributed by atoms with Gasteiger partial charge in [0.1, 0.15) is 16.2 Å². The van der Waals surface area contributed by atoms with Gasteiger partial charge in [0.15, 0.2) is 4.60 Å². The summed E-state index contributed by atoms with van der Waals surface area (Å²) >= 11 is 4.79. The van der Waals surface area contributed by atoms with Crippen molar-refractivity contribution in [3.8, 4) is 0 Å². The van der Waals surface area contributed by atoms with Gasteiger partial charge in [-0.05, 0) is 28.8 Å². The number of nitrogens with one attached hydrogen (secondary N) is 2. The number of aryl methyl sites for hydroxylation is 1. The third kappa shape index (κ3) is 4.85. The first-order valence-corrected chi connectivity index (χ1v) is 11.3. The van der Waals surface area contributed by atoms with Crippen molar-refractivity contribution in [2.45, 2.75) is 24.9 Å². The minimum atomic E-state index is -0.205. The highest BCUT2D eigenvalue weighted by Gasteiger charge is 2.34. The summed E-state index contributed by atoms with van der Waals surface area (Å²) in [4.78, 5) is 25.3. The zero-order chi connectivity index (χ0) is 22.5. The topological polar surface area (TPSA) is 88.0 Å². The van der Waals surface area contributed by atoms with Crippen LogP contribution in [0.4, 0.5) is 20.3 Å². The molecular weight excluding hydrogens is 492 g/mol. The average molecular weight is 516 g/mol. The van der Waals surface area contributed by atoms with Gasteiger partial charge in [0.05, 0.1) is 31.8 Å². The van der Waals surface area contributed by atoms with E-state index in [1.807, 2.05) is 11.6 Å². The maximum Gasteiger partial charge on any atom is 0.258 e. The van der Waals surface area contributed by atoms with Crippen LogP contribution in [0.15, 0.2) is 22.4 Å². The van der Waals surface area contributed by atoms with Crippen LogP contribution in [-0.4, -0.2) is 65.2 Å². The molecule has 3 aromatic rings. The van der Waals surface area contributed by atoms with E-state index in [0.717, 1.165) is 23.7 Å². The standard InChI is InChI=1S/C17H18BrN7OS.2CH3F/c1-24-7-12(15(18)23-24)21-16(26)11-8-27-17-14(11)22-13(5-20-17)25-6-9-2-3-10(25)4-19-9;2*1-2/h5,7-10,19H,2-4,6H2,1H3,(H,21,26);2*1H3. The van der Waals surface area contributed by atoms with Crippen molar-refractivity contribution in [3.05, 3.63) is 27.9 Å². The first-order chi connectivity index (χ1) is 15.1. The summed E-state index contributed by atoms with van der Waals surface area (Å²) in [5.41, 5.74) is 1.83. The number of hydrogen-bond donors (Lipinski definition) is 2. The van der Waals surface area contributed by atoms with Gasteiger partial charge in [-0.3, -0.25) is 18.3 Å². The Hall–Kier alpha value is -2.18. The molecule has 3 aliphatic heterocycles. The Morgan fingerprint density at radius 2 is 2.10 bits per heavy atom. The number of piperidine rings is 2. The number of carbonyl (C=O) groups excluding carboxylic acids is 1. The monoisotopic (exact) mass is 515 g/mol. The summed E-state index contributed by atoms with van der Waals surface area (Å²) in [6, 6.07) is 0.963. The van der Waals surface area contributed by atoms with E-state index >= 15 is 0 Å². The predicted octanol–water partition coefficient (Wildman–Crippen LogP) is 3.55. The summed E-state index contributed by atoms with van der Waals surface area (Å²) < 4.78 is 21.2. The predicted molar refractivity (Wildman–Crippen MR) is 122 cm³/mol. The van der Waals surface area contributed by atoms with Crippen LogP contribution in [0.3, 0.4) is 0 Å². The maximum absolute atomic E-state index is 12.8. The normalized spacial score (nSPS) is 19.4. The summed E-state index contributed by atoms with van der Waals surface area (Å²) in [6.07, 6.45) is 5.97. The second-order valence-corrected chi connectivity index (χ2v) is 8.59. The number of carbonyl (C=O) groups is 1. The molecule has 3 fully saturated rings. The summed E-state index contributed by atoms with van der Waals surface area (Å²) in [7, 11) is 2.80. The van der Waals surface area contributed by atoms with Gasteiger partial charge in [-0.15, -0.1) is 11.3 Å². The number of piperazine rings is 1. The zero-order valence-electron chi connectivity index (χ0n) is 17.4. The van der Waals surface area contributed by atoms with E-state index in [0.29, 0.717) is 47.8 Å². The number of anilines is 2. The van der Waals surface area contributed by atoms with E-state index in [2.05, 4.69) is 41.5 Å². The molecule has 0 saturated carbocycles. The van der Waals surface area contributed by atoms with Gasteiger partial charge in [0, 0.05) is 43.8 Å². The Balaban J connectivity index is 0.000000645. The number of alkyl halides is 2. The van der Waals surface area contributed by atoms with Crippen LogP contribution in [0, 0.1) is 0 Å². The molecule has 2 N–H and O–H groups in total. The molecule has 3 aromatic heterocycles. The number of halogens is 3. The van der Waals surface area contributed by atoms with Crippen LogP contribution in [0.5, 0.6) is 0 Å². The van der Waals surface area contributed by atoms with E-state index < -0.39 is 0 Å². The van der Waals surface area contributed by atoms with E-state index in [9.17, 15) is 13.6 Å². The summed E-state index contributed by atoms with van der Waals surface area (Å²) in [5, 5.41) is 12.5. The molecule has 3 saturated heterocycles. The molecule has 0 aromatic carbocycles. The molecule has 3 aliphatic rings. The van der Waals surface area contributed by atoms with Crippen LogP contribution in [0.25, 0.3) is 10.3 Å². The van der Waals surface area contributed by atoms with Crippen LogP contribution < -0.4 is 15.5 Å². The largest absolute Gasteiger partial charge is 0.349 e. The fraction of sp³-hybridized carbons (Fsp3) is 0.474. The number of aromatic nitrogens is 4. The lowest BCUT2D eigenvalue weighted by Gasteiger charge is -2.46. The number of hydrogen-bond acceptors (Lipinski definition) is 7. The summed E-state index contributed by atoms with van der Waals surface area (Å²) in [6.45, 7) is 1.93. The Kier molecular flexibility index (Phi) is 7.89. The molecule has 0 spiro atoms. The number of fused-ring (bicyclic) bond motifs is 4. The lowest BCUT2D eigenvalue weighted by atomic mass is 9.93. The molecule has 6 rings (SSSR count). The Labute approximate surface area is 191 Å². The van der Waals surface area contributed by atoms with Gasteiger partial charge in [-0.1, -0.05) is 0 Å². The first-order valence-electron chi connectivity index (χ1n) is 9.59. The van der Waals surface area contributed by atoms with Gasteiger partial charge < -0.3 is 15.5 Å². The molecule has 12 heteroatoms. The zero-order valence-corrected chi connectivity index (χ0v) is 19.8. The molecule has 31 heavy (non-hydrogen) atoms. The average Bonchev–Trinajstić information content (AvgIpc) is 3.39. The van der Waals surface area contributed by atoms with Crippen molar-refractivity contribution >= 4 is 55.0 Å². The van der Waals surface area contributed by atoms with Gasteiger partial charge >= 0.3 is 0 Å². The first kappa shape index (κ1) is 23.5. The van der Waals surface area contributed by atoms with E-state index in [4.69, 9.17) is 4.98 Å². The van der Waals surface area contributed by atoms with Crippen molar-refractivity contribution in [2.24, 2.45) is 7.05 Å². The SMILES string of the molecule is CF.CF.Cn1cc(NC(=O)c2csc3ncc(N4CC5CCC4CN5)nc23)c(Br)n1. The molecule has 2 atom stereocenters. The molecule has 8 nitrogen and oxygen atoms in total. The van der Waals surface area contributed by atoms with Crippen LogP contribution >= 0.6 is 27.3 Å². The molecule has 168 valence electrons. The smallest absolute Gasteiger partial charge is 0.258 e. The molecule has 2 bridgehead atoms. The van der Waals surface area contributed by atoms with Crippen LogP contribution in [0.2, 0.25) is 0 Å². The lowest BCUT2D eigenvalue weighted by molar-refractivity contribution is 0.102. The van der Waals surface area contributed by atoms with Crippen molar-refractivity contribution < 1.29 is 13.6 Å². The van der Waals surface area contributed by atoms with Crippen molar-refractivity contribution in [1.82, 2.24) is 25.1 Å². The minimum absolute atomic E-state index is 0.205. The molecule has 2 unspecified atom stereocenters. The second-order valence-electron chi connectivity index (χ2n) is 6.98.